The van der Waals surface area contributed by atoms with Crippen molar-refractivity contribution >= 4 is 16.8 Å². The summed E-state index contributed by atoms with van der Waals surface area (Å²) >= 11 is 0. The molecule has 4 heteroatoms. The predicted molar refractivity (Wildman–Crippen MR) is 98.9 cm³/mol. The van der Waals surface area contributed by atoms with E-state index in [1.807, 2.05) is 0 Å². The number of aryl methyl sites for hydroxylation is 1. The summed E-state index contributed by atoms with van der Waals surface area (Å²) in [7, 11) is 0. The van der Waals surface area contributed by atoms with Crippen LogP contribution in [0.5, 0.6) is 0 Å². The molecule has 3 heterocycles. The first kappa shape index (κ1) is 15.3. The fourth-order valence-electron chi connectivity index (χ4n) is 4.42. The predicted octanol–water partition coefficient (Wildman–Crippen LogP) is 3.39. The van der Waals surface area contributed by atoms with Gasteiger partial charge in [0.25, 0.3) is 5.91 Å². The van der Waals surface area contributed by atoms with Gasteiger partial charge in [-0.15, -0.1) is 0 Å². The average molecular weight is 335 g/mol. The van der Waals surface area contributed by atoms with E-state index in [0.29, 0.717) is 18.0 Å². The van der Waals surface area contributed by atoms with Gasteiger partial charge in [0.15, 0.2) is 0 Å². The zero-order valence-corrected chi connectivity index (χ0v) is 14.8. The highest BCUT2D eigenvalue weighted by Crippen LogP contribution is 2.40. The number of aromatic nitrogens is 1. The van der Waals surface area contributed by atoms with E-state index in [0.717, 1.165) is 41.7 Å². The molecule has 1 saturated carbocycles. The van der Waals surface area contributed by atoms with Crippen LogP contribution in [-0.2, 0) is 0 Å². The Balaban J connectivity index is 1.56. The molecule has 2 unspecified atom stereocenters. The molecule has 1 aliphatic carbocycles. The topological polar surface area (TPSA) is 45.2 Å². The molecular weight excluding hydrogens is 310 g/mol. The number of benzene rings is 1. The number of rotatable bonds is 2. The van der Waals surface area contributed by atoms with Crippen LogP contribution in [0.3, 0.4) is 0 Å². The Morgan fingerprint density at radius 1 is 1.12 bits per heavy atom. The Kier molecular flexibility index (Phi) is 3.56. The summed E-state index contributed by atoms with van der Waals surface area (Å²) in [6, 6.07) is 9.43. The highest BCUT2D eigenvalue weighted by molar-refractivity contribution is 6.06. The molecule has 2 aromatic rings. The van der Waals surface area contributed by atoms with Gasteiger partial charge in [0, 0.05) is 42.2 Å². The lowest BCUT2D eigenvalue weighted by Crippen LogP contribution is -2.39. The molecule has 1 amide bonds. The number of hydrogen-bond donors (Lipinski definition) is 1. The van der Waals surface area contributed by atoms with Crippen molar-refractivity contribution in [3.63, 3.8) is 0 Å². The van der Waals surface area contributed by atoms with Gasteiger partial charge >= 0.3 is 0 Å². The summed E-state index contributed by atoms with van der Waals surface area (Å²) in [6.07, 6.45) is 5.93. The van der Waals surface area contributed by atoms with Gasteiger partial charge in [-0.1, -0.05) is 11.6 Å². The molecule has 4 nitrogen and oxygen atoms in total. The van der Waals surface area contributed by atoms with Gasteiger partial charge in [0.05, 0.1) is 11.1 Å². The first-order valence-corrected chi connectivity index (χ1v) is 9.64. The lowest BCUT2D eigenvalue weighted by Gasteiger charge is -2.25. The monoisotopic (exact) mass is 335 g/mol. The molecule has 2 aliphatic heterocycles. The van der Waals surface area contributed by atoms with Crippen molar-refractivity contribution in [1.82, 2.24) is 15.2 Å². The van der Waals surface area contributed by atoms with Gasteiger partial charge in [0.1, 0.15) is 0 Å². The second kappa shape index (κ2) is 5.80. The fourth-order valence-corrected chi connectivity index (χ4v) is 4.42. The van der Waals surface area contributed by atoms with Crippen molar-refractivity contribution in [3.05, 3.63) is 41.1 Å². The number of carbonyl (C=O) groups is 1. The number of amides is 1. The molecular formula is C21H25N3O. The second-order valence-electron chi connectivity index (χ2n) is 8.07. The van der Waals surface area contributed by atoms with Crippen molar-refractivity contribution in [1.29, 1.82) is 0 Å². The molecule has 5 rings (SSSR count). The van der Waals surface area contributed by atoms with E-state index < -0.39 is 0 Å². The Morgan fingerprint density at radius 2 is 1.96 bits per heavy atom. The summed E-state index contributed by atoms with van der Waals surface area (Å²) in [5.74, 6) is 0.744. The number of fused-ring (bicyclic) bond motifs is 3. The number of carbonyl (C=O) groups excluding carboxylic acids is 1. The van der Waals surface area contributed by atoms with Crippen molar-refractivity contribution < 1.29 is 4.79 Å². The normalized spacial score (nSPS) is 26.0. The quantitative estimate of drug-likeness (QED) is 0.915. The third-order valence-electron chi connectivity index (χ3n) is 6.02. The van der Waals surface area contributed by atoms with Gasteiger partial charge in [-0.05, 0) is 57.2 Å². The number of pyridine rings is 1. The second-order valence-corrected chi connectivity index (χ2v) is 8.07. The van der Waals surface area contributed by atoms with E-state index in [2.05, 4.69) is 41.4 Å². The van der Waals surface area contributed by atoms with Gasteiger partial charge in [0.2, 0.25) is 0 Å². The highest BCUT2D eigenvalue weighted by Gasteiger charge is 2.33. The summed E-state index contributed by atoms with van der Waals surface area (Å²) in [5.41, 5.74) is 4.11. The van der Waals surface area contributed by atoms with Gasteiger partial charge in [-0.3, -0.25) is 9.78 Å². The maximum atomic E-state index is 13.4. The van der Waals surface area contributed by atoms with E-state index in [1.54, 1.807) is 0 Å². The molecule has 0 radical (unpaired) electrons. The molecule has 2 bridgehead atoms. The lowest BCUT2D eigenvalue weighted by molar-refractivity contribution is 0.0750. The Bertz CT molecular complexity index is 842. The fraction of sp³-hybridized carbons (Fsp3) is 0.524. The van der Waals surface area contributed by atoms with E-state index in [4.69, 9.17) is 4.98 Å². The van der Waals surface area contributed by atoms with Crippen LogP contribution in [0.25, 0.3) is 10.9 Å². The molecule has 0 spiro atoms. The minimum Gasteiger partial charge on any atom is -0.337 e. The van der Waals surface area contributed by atoms with Gasteiger partial charge in [-0.2, -0.15) is 0 Å². The number of hydrogen-bond acceptors (Lipinski definition) is 3. The highest BCUT2D eigenvalue weighted by atomic mass is 16.2. The summed E-state index contributed by atoms with van der Waals surface area (Å²) in [5, 5.41) is 4.68. The summed E-state index contributed by atoms with van der Waals surface area (Å²) < 4.78 is 0. The number of likely N-dealkylation sites (tertiary alicyclic amines) is 1. The first-order chi connectivity index (χ1) is 12.2. The minimum atomic E-state index is 0.189. The molecule has 2 saturated heterocycles. The zero-order chi connectivity index (χ0) is 17.0. The van der Waals surface area contributed by atoms with Crippen LogP contribution in [0.1, 0.15) is 59.6 Å². The largest absolute Gasteiger partial charge is 0.337 e. The van der Waals surface area contributed by atoms with E-state index in [1.165, 1.54) is 31.2 Å². The lowest BCUT2D eigenvalue weighted by atomic mass is 10.0. The molecule has 3 aliphatic rings. The van der Waals surface area contributed by atoms with Crippen molar-refractivity contribution in [2.45, 2.75) is 57.0 Å². The van der Waals surface area contributed by atoms with Gasteiger partial charge < -0.3 is 10.2 Å². The minimum absolute atomic E-state index is 0.189. The van der Waals surface area contributed by atoms with E-state index >= 15 is 0 Å². The van der Waals surface area contributed by atoms with Crippen LogP contribution in [0.2, 0.25) is 0 Å². The smallest absolute Gasteiger partial charge is 0.254 e. The van der Waals surface area contributed by atoms with Crippen LogP contribution >= 0.6 is 0 Å². The van der Waals surface area contributed by atoms with Crippen LogP contribution in [-0.4, -0.2) is 41.0 Å². The molecule has 1 aromatic heterocycles. The van der Waals surface area contributed by atoms with Crippen LogP contribution in [0, 0.1) is 6.92 Å². The zero-order valence-electron chi connectivity index (χ0n) is 14.8. The van der Waals surface area contributed by atoms with Gasteiger partial charge in [-0.25, -0.2) is 0 Å². The number of nitrogens with one attached hydrogen (secondary N) is 1. The van der Waals surface area contributed by atoms with Crippen molar-refractivity contribution in [3.8, 4) is 0 Å². The maximum absolute atomic E-state index is 13.4. The van der Waals surface area contributed by atoms with Crippen LogP contribution < -0.4 is 5.32 Å². The van der Waals surface area contributed by atoms with Crippen LogP contribution in [0.4, 0.5) is 0 Å². The molecule has 3 fully saturated rings. The summed E-state index contributed by atoms with van der Waals surface area (Å²) in [4.78, 5) is 20.3. The summed E-state index contributed by atoms with van der Waals surface area (Å²) in [6.45, 7) is 3.78. The number of nitrogens with zero attached hydrogens (tertiary/aromatic N) is 2. The van der Waals surface area contributed by atoms with E-state index in [9.17, 15) is 4.79 Å². The maximum Gasteiger partial charge on any atom is 0.254 e. The standard InChI is InChI=1S/C21H25N3O/c1-13-2-7-19-17(10-13)18(11-20(23-19)14-3-4-14)21(25)24-9-8-15-5-6-16(12-24)22-15/h2,7,10-11,14-16,22H,3-6,8-9,12H2,1H3. The van der Waals surface area contributed by atoms with E-state index in [-0.39, 0.29) is 5.91 Å². The van der Waals surface area contributed by atoms with Crippen molar-refractivity contribution in [2.75, 3.05) is 13.1 Å². The Labute approximate surface area is 148 Å². The third-order valence-corrected chi connectivity index (χ3v) is 6.02. The van der Waals surface area contributed by atoms with Crippen molar-refractivity contribution in [2.24, 2.45) is 0 Å². The molecule has 1 aromatic carbocycles. The Hall–Kier alpha value is -1.94. The van der Waals surface area contributed by atoms with Crippen LogP contribution in [0.15, 0.2) is 24.3 Å². The first-order valence-electron chi connectivity index (χ1n) is 9.64. The Morgan fingerprint density at radius 3 is 2.80 bits per heavy atom. The molecule has 2 atom stereocenters. The molecule has 1 N–H and O–H groups in total. The molecule has 130 valence electrons. The average Bonchev–Trinajstić information content (AvgIpc) is 3.38. The SMILES string of the molecule is Cc1ccc2nc(C3CC3)cc(C(=O)N3CCC4CCC(C3)N4)c2c1. The molecule has 25 heavy (non-hydrogen) atoms. The third kappa shape index (κ3) is 2.82.